The lowest BCUT2D eigenvalue weighted by molar-refractivity contribution is -0.122. The van der Waals surface area contributed by atoms with Gasteiger partial charge in [0, 0.05) is 30.5 Å². The Balaban J connectivity index is 1.70. The van der Waals surface area contributed by atoms with Gasteiger partial charge in [0.15, 0.2) is 0 Å². The van der Waals surface area contributed by atoms with E-state index in [9.17, 15) is 4.79 Å². The molecule has 0 fully saturated rings. The molecule has 0 spiro atoms. The number of hydrogen-bond donors (Lipinski definition) is 0. The number of carbonyl (C=O) groups excluding carboxylic acids is 1. The molecule has 30 heavy (non-hydrogen) atoms. The SMILES string of the molecule is O=C1N(c2ccccc2)c2ccccc2C1(Cc1cccnc1)Cc1cccnc1. The third-order valence-corrected chi connectivity index (χ3v) is 5.74. The van der Waals surface area contributed by atoms with Crippen molar-refractivity contribution >= 4 is 17.3 Å². The minimum atomic E-state index is -0.724. The van der Waals surface area contributed by atoms with Crippen LogP contribution in [0.5, 0.6) is 0 Å². The number of fused-ring (bicyclic) bond motifs is 1. The van der Waals surface area contributed by atoms with Gasteiger partial charge in [-0.1, -0.05) is 48.5 Å². The largest absolute Gasteiger partial charge is 0.280 e. The molecule has 0 unspecified atom stereocenters. The molecule has 146 valence electrons. The predicted molar refractivity (Wildman–Crippen MR) is 118 cm³/mol. The Bertz CT molecular complexity index is 1120. The zero-order valence-corrected chi connectivity index (χ0v) is 16.5. The van der Waals surface area contributed by atoms with Gasteiger partial charge in [-0.05, 0) is 59.9 Å². The van der Waals surface area contributed by atoms with E-state index in [-0.39, 0.29) is 5.91 Å². The Morgan fingerprint density at radius 1 is 0.700 bits per heavy atom. The third-order valence-electron chi connectivity index (χ3n) is 5.74. The van der Waals surface area contributed by atoms with E-state index in [2.05, 4.69) is 16.0 Å². The maximum Gasteiger partial charge on any atom is 0.242 e. The van der Waals surface area contributed by atoms with Gasteiger partial charge in [-0.15, -0.1) is 0 Å². The second-order valence-corrected chi connectivity index (χ2v) is 7.65. The van der Waals surface area contributed by atoms with Crippen LogP contribution in [0.1, 0.15) is 16.7 Å². The molecule has 3 heterocycles. The highest BCUT2D eigenvalue weighted by Gasteiger charge is 2.51. The average molecular weight is 391 g/mol. The highest BCUT2D eigenvalue weighted by Crippen LogP contribution is 2.48. The van der Waals surface area contributed by atoms with Gasteiger partial charge in [0.1, 0.15) is 0 Å². The molecule has 0 atom stereocenters. The summed E-state index contributed by atoms with van der Waals surface area (Å²) in [6.45, 7) is 0. The normalized spacial score (nSPS) is 14.5. The minimum Gasteiger partial charge on any atom is -0.280 e. The van der Waals surface area contributed by atoms with Crippen molar-refractivity contribution in [2.75, 3.05) is 4.90 Å². The van der Waals surface area contributed by atoms with Crippen LogP contribution in [0.25, 0.3) is 0 Å². The van der Waals surface area contributed by atoms with Crippen LogP contribution < -0.4 is 4.90 Å². The molecule has 5 rings (SSSR count). The molecule has 0 N–H and O–H groups in total. The lowest BCUT2D eigenvalue weighted by Gasteiger charge is -2.29. The van der Waals surface area contributed by atoms with Gasteiger partial charge in [0.2, 0.25) is 5.91 Å². The van der Waals surface area contributed by atoms with Crippen LogP contribution in [-0.4, -0.2) is 15.9 Å². The number of para-hydroxylation sites is 2. The minimum absolute atomic E-state index is 0.0857. The molecular formula is C26H21N3O. The Labute approximate surface area is 175 Å². The monoisotopic (exact) mass is 391 g/mol. The first-order valence-electron chi connectivity index (χ1n) is 10.0. The Kier molecular flexibility index (Phi) is 4.60. The van der Waals surface area contributed by atoms with Crippen LogP contribution in [0, 0.1) is 0 Å². The molecule has 1 amide bonds. The first kappa shape index (κ1) is 18.3. The fourth-order valence-electron chi connectivity index (χ4n) is 4.45. The Morgan fingerprint density at radius 2 is 1.30 bits per heavy atom. The Morgan fingerprint density at radius 3 is 1.90 bits per heavy atom. The van der Waals surface area contributed by atoms with Crippen molar-refractivity contribution in [3.05, 3.63) is 120 Å². The molecular weight excluding hydrogens is 370 g/mol. The number of hydrogen-bond acceptors (Lipinski definition) is 3. The number of pyridine rings is 2. The molecule has 4 aromatic rings. The summed E-state index contributed by atoms with van der Waals surface area (Å²) >= 11 is 0. The molecule has 0 saturated carbocycles. The molecule has 1 aliphatic rings. The van der Waals surface area contributed by atoms with Crippen LogP contribution in [0.3, 0.4) is 0 Å². The van der Waals surface area contributed by atoms with Crippen molar-refractivity contribution in [2.24, 2.45) is 0 Å². The van der Waals surface area contributed by atoms with Gasteiger partial charge in [-0.25, -0.2) is 0 Å². The number of aromatic nitrogens is 2. The summed E-state index contributed by atoms with van der Waals surface area (Å²) in [5.41, 5.74) is 4.24. The first-order chi connectivity index (χ1) is 14.8. The standard InChI is InChI=1S/C26H21N3O/c30-25-26(16-20-8-6-14-27-18-20,17-21-9-7-15-28-19-21)23-12-4-5-13-24(23)29(25)22-10-2-1-3-11-22/h1-15,18-19H,16-17H2. The number of anilines is 2. The molecule has 4 nitrogen and oxygen atoms in total. The third kappa shape index (κ3) is 3.07. The molecule has 0 bridgehead atoms. The van der Waals surface area contributed by atoms with Gasteiger partial charge in [-0.3, -0.25) is 19.7 Å². The van der Waals surface area contributed by atoms with Crippen LogP contribution in [-0.2, 0) is 23.1 Å². The summed E-state index contributed by atoms with van der Waals surface area (Å²) in [5.74, 6) is 0.0857. The maximum absolute atomic E-state index is 14.2. The van der Waals surface area contributed by atoms with E-state index in [0.29, 0.717) is 12.8 Å². The van der Waals surface area contributed by atoms with Crippen LogP contribution in [0.2, 0.25) is 0 Å². The van der Waals surface area contributed by atoms with E-state index < -0.39 is 5.41 Å². The van der Waals surface area contributed by atoms with Gasteiger partial charge in [-0.2, -0.15) is 0 Å². The summed E-state index contributed by atoms with van der Waals surface area (Å²) in [6.07, 6.45) is 8.39. The van der Waals surface area contributed by atoms with Crippen molar-refractivity contribution in [2.45, 2.75) is 18.3 Å². The highest BCUT2D eigenvalue weighted by molar-refractivity contribution is 6.13. The van der Waals surface area contributed by atoms with Crippen LogP contribution >= 0.6 is 0 Å². The molecule has 1 aliphatic heterocycles. The predicted octanol–water partition coefficient (Wildman–Crippen LogP) is 4.88. The van der Waals surface area contributed by atoms with E-state index in [1.807, 2.05) is 90.1 Å². The first-order valence-corrected chi connectivity index (χ1v) is 10.0. The van der Waals surface area contributed by atoms with E-state index in [1.165, 1.54) is 0 Å². The van der Waals surface area contributed by atoms with Crippen LogP contribution in [0.4, 0.5) is 11.4 Å². The number of carbonyl (C=O) groups is 1. The smallest absolute Gasteiger partial charge is 0.242 e. The molecule has 0 radical (unpaired) electrons. The van der Waals surface area contributed by atoms with E-state index in [0.717, 1.165) is 28.1 Å². The molecule has 2 aromatic heterocycles. The summed E-state index contributed by atoms with van der Waals surface area (Å²) in [4.78, 5) is 24.6. The second kappa shape index (κ2) is 7.56. The van der Waals surface area contributed by atoms with Gasteiger partial charge >= 0.3 is 0 Å². The van der Waals surface area contributed by atoms with Crippen molar-refractivity contribution < 1.29 is 4.79 Å². The molecule has 0 aliphatic carbocycles. The fourth-order valence-corrected chi connectivity index (χ4v) is 4.45. The number of nitrogens with zero attached hydrogens (tertiary/aromatic N) is 3. The van der Waals surface area contributed by atoms with Crippen molar-refractivity contribution in [3.8, 4) is 0 Å². The van der Waals surface area contributed by atoms with Gasteiger partial charge in [0.25, 0.3) is 0 Å². The van der Waals surface area contributed by atoms with Crippen molar-refractivity contribution in [3.63, 3.8) is 0 Å². The number of amides is 1. The highest BCUT2D eigenvalue weighted by atomic mass is 16.2. The quantitative estimate of drug-likeness (QED) is 0.487. The lowest BCUT2D eigenvalue weighted by atomic mass is 9.72. The summed E-state index contributed by atoms with van der Waals surface area (Å²) in [6, 6.07) is 25.9. The zero-order valence-electron chi connectivity index (χ0n) is 16.5. The summed E-state index contributed by atoms with van der Waals surface area (Å²) in [7, 11) is 0. The van der Waals surface area contributed by atoms with E-state index in [1.54, 1.807) is 12.4 Å². The summed E-state index contributed by atoms with van der Waals surface area (Å²) < 4.78 is 0. The van der Waals surface area contributed by atoms with Gasteiger partial charge in [0.05, 0.1) is 11.1 Å². The topological polar surface area (TPSA) is 46.1 Å². The second-order valence-electron chi connectivity index (χ2n) is 7.65. The van der Waals surface area contributed by atoms with E-state index >= 15 is 0 Å². The Hall–Kier alpha value is -3.79. The van der Waals surface area contributed by atoms with E-state index in [4.69, 9.17) is 0 Å². The molecule has 4 heteroatoms. The van der Waals surface area contributed by atoms with Crippen LogP contribution in [0.15, 0.2) is 104 Å². The zero-order chi connectivity index (χ0) is 20.4. The number of rotatable bonds is 5. The number of benzene rings is 2. The fraction of sp³-hybridized carbons (Fsp3) is 0.115. The maximum atomic E-state index is 14.2. The molecule has 2 aromatic carbocycles. The van der Waals surface area contributed by atoms with Crippen molar-refractivity contribution in [1.82, 2.24) is 9.97 Å². The average Bonchev–Trinajstić information content (AvgIpc) is 3.04. The van der Waals surface area contributed by atoms with Gasteiger partial charge < -0.3 is 0 Å². The molecule has 0 saturated heterocycles. The summed E-state index contributed by atoms with van der Waals surface area (Å²) in [5, 5.41) is 0. The lowest BCUT2D eigenvalue weighted by Crippen LogP contribution is -2.42. The van der Waals surface area contributed by atoms with Crippen molar-refractivity contribution in [1.29, 1.82) is 0 Å².